The molecular formula is C15H23N. The molecule has 0 amide bonds. The summed E-state index contributed by atoms with van der Waals surface area (Å²) >= 11 is 0. The van der Waals surface area contributed by atoms with E-state index in [1.54, 1.807) is 0 Å². The minimum atomic E-state index is 0.337. The molecule has 0 heterocycles. The van der Waals surface area contributed by atoms with Crippen LogP contribution in [0.25, 0.3) is 0 Å². The first-order chi connectivity index (χ1) is 7.34. The van der Waals surface area contributed by atoms with Crippen molar-refractivity contribution in [1.29, 1.82) is 0 Å². The Hall–Kier alpha value is -0.820. The van der Waals surface area contributed by atoms with Crippen LogP contribution in [0.4, 0.5) is 0 Å². The van der Waals surface area contributed by atoms with Gasteiger partial charge in [0.05, 0.1) is 0 Å². The number of aryl methyl sites for hydroxylation is 3. The van der Waals surface area contributed by atoms with Crippen molar-refractivity contribution >= 4 is 0 Å². The monoisotopic (exact) mass is 217 g/mol. The van der Waals surface area contributed by atoms with E-state index >= 15 is 0 Å². The molecule has 88 valence electrons. The van der Waals surface area contributed by atoms with Gasteiger partial charge in [0.25, 0.3) is 0 Å². The number of nitrogens with two attached hydrogens (primary N) is 1. The van der Waals surface area contributed by atoms with Gasteiger partial charge in [-0.25, -0.2) is 0 Å². The Morgan fingerprint density at radius 1 is 1.12 bits per heavy atom. The third-order valence-electron chi connectivity index (χ3n) is 4.40. The maximum absolute atomic E-state index is 6.12. The van der Waals surface area contributed by atoms with Gasteiger partial charge in [-0.1, -0.05) is 31.5 Å². The van der Waals surface area contributed by atoms with Crippen molar-refractivity contribution in [1.82, 2.24) is 0 Å². The third-order valence-corrected chi connectivity index (χ3v) is 4.40. The predicted molar refractivity (Wildman–Crippen MR) is 69.6 cm³/mol. The van der Waals surface area contributed by atoms with Gasteiger partial charge in [-0.2, -0.15) is 0 Å². The van der Waals surface area contributed by atoms with Crippen molar-refractivity contribution in [3.8, 4) is 0 Å². The Bertz CT molecular complexity index is 394. The second kappa shape index (κ2) is 3.59. The Morgan fingerprint density at radius 2 is 1.56 bits per heavy atom. The Morgan fingerprint density at radius 3 is 1.94 bits per heavy atom. The molecule has 2 rings (SSSR count). The van der Waals surface area contributed by atoms with Crippen molar-refractivity contribution in [3.63, 3.8) is 0 Å². The van der Waals surface area contributed by atoms with Crippen molar-refractivity contribution in [2.75, 3.05) is 0 Å². The highest BCUT2D eigenvalue weighted by Gasteiger charge is 2.54. The minimum Gasteiger partial charge on any atom is -0.327 e. The quantitative estimate of drug-likeness (QED) is 0.809. The SMILES string of the molecule is Cc1cc(C)c(CC2C(N)C2(C)C)c(C)c1. The summed E-state index contributed by atoms with van der Waals surface area (Å²) in [6.07, 6.45) is 1.14. The zero-order valence-electron chi connectivity index (χ0n) is 11.1. The molecule has 0 saturated heterocycles. The van der Waals surface area contributed by atoms with E-state index in [0.717, 1.165) is 6.42 Å². The van der Waals surface area contributed by atoms with Crippen LogP contribution in [0.2, 0.25) is 0 Å². The van der Waals surface area contributed by atoms with Crippen LogP contribution in [0, 0.1) is 32.1 Å². The van der Waals surface area contributed by atoms with Gasteiger partial charge >= 0.3 is 0 Å². The second-order valence-electron chi connectivity index (χ2n) is 6.04. The van der Waals surface area contributed by atoms with Crippen LogP contribution in [0.15, 0.2) is 12.1 Å². The van der Waals surface area contributed by atoms with Crippen LogP contribution in [-0.2, 0) is 6.42 Å². The van der Waals surface area contributed by atoms with Gasteiger partial charge in [0.2, 0.25) is 0 Å². The molecule has 2 atom stereocenters. The van der Waals surface area contributed by atoms with Gasteiger partial charge in [-0.3, -0.25) is 0 Å². The zero-order valence-corrected chi connectivity index (χ0v) is 11.1. The molecule has 0 spiro atoms. The topological polar surface area (TPSA) is 26.0 Å². The van der Waals surface area contributed by atoms with Crippen LogP contribution in [0.1, 0.15) is 36.1 Å². The highest BCUT2D eigenvalue weighted by Crippen LogP contribution is 2.52. The Balaban J connectivity index is 2.24. The molecule has 0 aliphatic heterocycles. The fourth-order valence-corrected chi connectivity index (χ4v) is 2.93. The molecule has 0 bridgehead atoms. The molecule has 1 nitrogen and oxygen atoms in total. The molecule has 1 heteroatoms. The average Bonchev–Trinajstić information content (AvgIpc) is 2.60. The van der Waals surface area contributed by atoms with Gasteiger partial charge in [-0.05, 0) is 55.2 Å². The van der Waals surface area contributed by atoms with Crippen molar-refractivity contribution in [2.24, 2.45) is 17.1 Å². The van der Waals surface area contributed by atoms with Crippen molar-refractivity contribution in [3.05, 3.63) is 34.4 Å². The van der Waals surface area contributed by atoms with E-state index in [1.165, 1.54) is 22.3 Å². The van der Waals surface area contributed by atoms with E-state index in [1.807, 2.05) is 0 Å². The first-order valence-electron chi connectivity index (χ1n) is 6.16. The van der Waals surface area contributed by atoms with E-state index < -0.39 is 0 Å². The second-order valence-corrected chi connectivity index (χ2v) is 6.04. The summed E-state index contributed by atoms with van der Waals surface area (Å²) in [4.78, 5) is 0. The van der Waals surface area contributed by atoms with Gasteiger partial charge in [0.15, 0.2) is 0 Å². The number of hydrogen-bond acceptors (Lipinski definition) is 1. The molecule has 2 N–H and O–H groups in total. The highest BCUT2D eigenvalue weighted by atomic mass is 14.8. The average molecular weight is 217 g/mol. The first kappa shape index (κ1) is 11.7. The van der Waals surface area contributed by atoms with Crippen LogP contribution in [0.5, 0.6) is 0 Å². The van der Waals surface area contributed by atoms with Gasteiger partial charge in [0, 0.05) is 6.04 Å². The van der Waals surface area contributed by atoms with E-state index in [-0.39, 0.29) is 0 Å². The molecule has 1 aromatic rings. The normalized spacial score (nSPS) is 26.9. The number of benzene rings is 1. The summed E-state index contributed by atoms with van der Waals surface area (Å²) in [5.41, 5.74) is 12.2. The molecule has 1 aromatic carbocycles. The Kier molecular flexibility index (Phi) is 2.62. The summed E-state index contributed by atoms with van der Waals surface area (Å²) in [6, 6.07) is 4.94. The van der Waals surface area contributed by atoms with Crippen LogP contribution in [-0.4, -0.2) is 6.04 Å². The van der Waals surface area contributed by atoms with E-state index in [4.69, 9.17) is 5.73 Å². The standard InChI is InChI=1S/C15H23N/c1-9-6-10(2)12(11(3)7-9)8-13-14(16)15(13,4)5/h6-7,13-14H,8,16H2,1-5H3. The lowest BCUT2D eigenvalue weighted by molar-refractivity contribution is 0.550. The summed E-state index contributed by atoms with van der Waals surface area (Å²) in [6.45, 7) is 11.2. The molecule has 1 aliphatic rings. The van der Waals surface area contributed by atoms with Gasteiger partial charge in [-0.15, -0.1) is 0 Å². The Labute approximate surface area is 99.0 Å². The van der Waals surface area contributed by atoms with E-state index in [2.05, 4.69) is 46.8 Å². The summed E-state index contributed by atoms with van der Waals surface area (Å²) < 4.78 is 0. The maximum Gasteiger partial charge on any atom is 0.0131 e. The molecule has 1 aliphatic carbocycles. The molecule has 0 radical (unpaired) electrons. The molecule has 2 unspecified atom stereocenters. The van der Waals surface area contributed by atoms with Crippen LogP contribution in [0.3, 0.4) is 0 Å². The predicted octanol–water partition coefficient (Wildman–Crippen LogP) is 3.14. The molecule has 1 saturated carbocycles. The molecule has 0 aromatic heterocycles. The fourth-order valence-electron chi connectivity index (χ4n) is 2.93. The lowest BCUT2D eigenvalue weighted by atomic mass is 9.94. The molecule has 16 heavy (non-hydrogen) atoms. The van der Waals surface area contributed by atoms with Gasteiger partial charge in [0.1, 0.15) is 0 Å². The lowest BCUT2D eigenvalue weighted by Gasteiger charge is -2.12. The zero-order chi connectivity index (χ0) is 12.1. The van der Waals surface area contributed by atoms with Crippen molar-refractivity contribution < 1.29 is 0 Å². The number of hydrogen-bond donors (Lipinski definition) is 1. The molecule has 1 fully saturated rings. The third kappa shape index (κ3) is 1.78. The van der Waals surface area contributed by atoms with E-state index in [9.17, 15) is 0 Å². The smallest absolute Gasteiger partial charge is 0.0131 e. The van der Waals surface area contributed by atoms with E-state index in [0.29, 0.717) is 17.4 Å². The first-order valence-corrected chi connectivity index (χ1v) is 6.16. The maximum atomic E-state index is 6.12. The van der Waals surface area contributed by atoms with Crippen LogP contribution >= 0.6 is 0 Å². The summed E-state index contributed by atoms with van der Waals surface area (Å²) in [5.74, 6) is 0.660. The summed E-state index contributed by atoms with van der Waals surface area (Å²) in [5, 5.41) is 0. The lowest BCUT2D eigenvalue weighted by Crippen LogP contribution is -2.07. The minimum absolute atomic E-state index is 0.337. The fraction of sp³-hybridized carbons (Fsp3) is 0.600. The highest BCUT2D eigenvalue weighted by molar-refractivity contribution is 5.39. The molecular weight excluding hydrogens is 194 g/mol. The number of rotatable bonds is 2. The van der Waals surface area contributed by atoms with Gasteiger partial charge < -0.3 is 5.73 Å². The van der Waals surface area contributed by atoms with Crippen molar-refractivity contribution in [2.45, 2.75) is 47.1 Å². The van der Waals surface area contributed by atoms with Crippen LogP contribution < -0.4 is 5.73 Å². The summed E-state index contributed by atoms with van der Waals surface area (Å²) in [7, 11) is 0. The largest absolute Gasteiger partial charge is 0.327 e.